The third kappa shape index (κ3) is 5.55. The highest BCUT2D eigenvalue weighted by atomic mass is 16.6. The van der Waals surface area contributed by atoms with Crippen molar-refractivity contribution in [2.24, 2.45) is 29.6 Å². The molecule has 0 saturated heterocycles. The Morgan fingerprint density at radius 3 is 2.79 bits per heavy atom. The summed E-state index contributed by atoms with van der Waals surface area (Å²) < 4.78 is 10.5. The lowest BCUT2D eigenvalue weighted by atomic mass is 9.73. The van der Waals surface area contributed by atoms with Gasteiger partial charge >= 0.3 is 5.97 Å². The van der Waals surface area contributed by atoms with Crippen LogP contribution in [0.5, 0.6) is 5.75 Å². The number of rotatable bonds is 10. The fourth-order valence-corrected chi connectivity index (χ4v) is 5.90. The highest BCUT2D eigenvalue weighted by Crippen LogP contribution is 2.51. The van der Waals surface area contributed by atoms with Gasteiger partial charge in [0.2, 0.25) is 0 Å². The molecule has 0 aromatic heterocycles. The number of hydrogen-bond donors (Lipinski definition) is 0. The molecule has 0 spiro atoms. The lowest BCUT2D eigenvalue weighted by Gasteiger charge is -2.33. The van der Waals surface area contributed by atoms with Gasteiger partial charge in [0, 0.05) is 0 Å². The SMILES string of the molecule is CCCCC[C@H](C)CCC1[C@H](C)C[C@@H]2Cc3c(cccc3OCC(=O)OC)C[C@H]12. The van der Waals surface area contributed by atoms with Crippen LogP contribution in [0.4, 0.5) is 0 Å². The van der Waals surface area contributed by atoms with E-state index >= 15 is 0 Å². The van der Waals surface area contributed by atoms with Crippen molar-refractivity contribution in [2.75, 3.05) is 13.7 Å². The summed E-state index contributed by atoms with van der Waals surface area (Å²) in [7, 11) is 1.40. The van der Waals surface area contributed by atoms with Crippen molar-refractivity contribution in [1.29, 1.82) is 0 Å². The van der Waals surface area contributed by atoms with Gasteiger partial charge in [0.25, 0.3) is 0 Å². The van der Waals surface area contributed by atoms with Crippen molar-refractivity contribution in [3.05, 3.63) is 29.3 Å². The molecule has 1 fully saturated rings. The van der Waals surface area contributed by atoms with Crippen molar-refractivity contribution in [3.63, 3.8) is 0 Å². The number of carbonyl (C=O) groups excluding carboxylic acids is 1. The zero-order valence-corrected chi connectivity index (χ0v) is 18.9. The molecule has 0 radical (unpaired) electrons. The molecule has 0 heterocycles. The minimum atomic E-state index is -0.320. The molecular formula is C26H40O3. The van der Waals surface area contributed by atoms with E-state index in [0.717, 1.165) is 41.8 Å². The molecule has 3 nitrogen and oxygen atoms in total. The highest BCUT2D eigenvalue weighted by molar-refractivity contribution is 5.71. The molecule has 1 unspecified atom stereocenters. The number of carbonyl (C=O) groups is 1. The minimum Gasteiger partial charge on any atom is -0.482 e. The number of hydrogen-bond acceptors (Lipinski definition) is 3. The topological polar surface area (TPSA) is 35.5 Å². The molecule has 3 heteroatoms. The Bertz CT molecular complexity index is 668. The van der Waals surface area contributed by atoms with Crippen LogP contribution in [0.1, 0.15) is 76.8 Å². The molecule has 0 amide bonds. The predicted molar refractivity (Wildman–Crippen MR) is 118 cm³/mol. The van der Waals surface area contributed by atoms with E-state index in [1.54, 1.807) is 0 Å². The lowest BCUT2D eigenvalue weighted by molar-refractivity contribution is -0.142. The third-order valence-corrected chi connectivity index (χ3v) is 7.58. The molecule has 1 saturated carbocycles. The molecule has 1 aromatic rings. The zero-order valence-electron chi connectivity index (χ0n) is 18.9. The van der Waals surface area contributed by atoms with Gasteiger partial charge in [0.05, 0.1) is 7.11 Å². The minimum absolute atomic E-state index is 0.00397. The van der Waals surface area contributed by atoms with E-state index in [9.17, 15) is 4.79 Å². The number of ether oxygens (including phenoxy) is 2. The second-order valence-electron chi connectivity index (χ2n) is 9.65. The average molecular weight is 401 g/mol. The number of benzene rings is 1. The Labute approximate surface area is 177 Å². The molecule has 2 aliphatic rings. The van der Waals surface area contributed by atoms with Gasteiger partial charge in [0.1, 0.15) is 5.75 Å². The number of unbranched alkanes of at least 4 members (excludes halogenated alkanes) is 2. The summed E-state index contributed by atoms with van der Waals surface area (Å²) in [6.07, 6.45) is 11.9. The van der Waals surface area contributed by atoms with Crippen LogP contribution < -0.4 is 4.74 Å². The quantitative estimate of drug-likeness (QED) is 0.345. The first-order chi connectivity index (χ1) is 14.0. The van der Waals surface area contributed by atoms with E-state index in [1.807, 2.05) is 6.07 Å². The first-order valence-corrected chi connectivity index (χ1v) is 11.8. The van der Waals surface area contributed by atoms with Crippen LogP contribution in [0.3, 0.4) is 0 Å². The molecule has 0 bridgehead atoms. The zero-order chi connectivity index (χ0) is 20.8. The Balaban J connectivity index is 1.62. The van der Waals surface area contributed by atoms with Crippen molar-refractivity contribution in [1.82, 2.24) is 0 Å². The van der Waals surface area contributed by atoms with Gasteiger partial charge in [-0.15, -0.1) is 0 Å². The van der Waals surface area contributed by atoms with Crippen LogP contribution in [-0.2, 0) is 22.4 Å². The average Bonchev–Trinajstić information content (AvgIpc) is 3.02. The molecule has 1 aromatic carbocycles. The van der Waals surface area contributed by atoms with Gasteiger partial charge in [-0.25, -0.2) is 4.79 Å². The lowest BCUT2D eigenvalue weighted by Crippen LogP contribution is -2.26. The molecule has 0 N–H and O–H groups in total. The molecule has 162 valence electrons. The predicted octanol–water partition coefficient (Wildman–Crippen LogP) is 6.22. The maximum Gasteiger partial charge on any atom is 0.343 e. The number of esters is 1. The Hall–Kier alpha value is -1.51. The summed E-state index contributed by atoms with van der Waals surface area (Å²) in [4.78, 5) is 11.5. The van der Waals surface area contributed by atoms with Crippen LogP contribution in [-0.4, -0.2) is 19.7 Å². The summed E-state index contributed by atoms with van der Waals surface area (Å²) in [5, 5.41) is 0. The molecule has 2 aliphatic carbocycles. The van der Waals surface area contributed by atoms with Crippen molar-refractivity contribution < 1.29 is 14.3 Å². The fourth-order valence-electron chi connectivity index (χ4n) is 5.90. The maximum absolute atomic E-state index is 11.5. The van der Waals surface area contributed by atoms with E-state index in [1.165, 1.54) is 69.6 Å². The second kappa shape index (κ2) is 10.5. The summed E-state index contributed by atoms with van der Waals surface area (Å²) in [6, 6.07) is 6.36. The normalized spacial score (nSPS) is 26.5. The number of methoxy groups -OCH3 is 1. The molecule has 0 aliphatic heterocycles. The summed E-state index contributed by atoms with van der Waals surface area (Å²) in [5.41, 5.74) is 2.77. The second-order valence-corrected chi connectivity index (χ2v) is 9.65. The fraction of sp³-hybridized carbons (Fsp3) is 0.731. The molecule has 5 atom stereocenters. The monoisotopic (exact) mass is 400 g/mol. The summed E-state index contributed by atoms with van der Waals surface area (Å²) in [5.74, 6) is 4.69. The van der Waals surface area contributed by atoms with E-state index in [4.69, 9.17) is 9.47 Å². The van der Waals surface area contributed by atoms with Crippen LogP contribution in [0.2, 0.25) is 0 Å². The molecular weight excluding hydrogens is 360 g/mol. The van der Waals surface area contributed by atoms with Crippen LogP contribution in [0.25, 0.3) is 0 Å². The first-order valence-electron chi connectivity index (χ1n) is 11.8. The van der Waals surface area contributed by atoms with Crippen LogP contribution in [0.15, 0.2) is 18.2 Å². The molecule has 3 rings (SSSR count). The van der Waals surface area contributed by atoms with Crippen LogP contribution in [0, 0.1) is 29.6 Å². The van der Waals surface area contributed by atoms with Crippen molar-refractivity contribution >= 4 is 5.97 Å². The Kier molecular flexibility index (Phi) is 8.03. The Morgan fingerprint density at radius 2 is 2.03 bits per heavy atom. The van der Waals surface area contributed by atoms with E-state index in [-0.39, 0.29) is 12.6 Å². The van der Waals surface area contributed by atoms with E-state index < -0.39 is 0 Å². The van der Waals surface area contributed by atoms with Gasteiger partial charge in [-0.1, -0.05) is 65.0 Å². The van der Waals surface area contributed by atoms with Gasteiger partial charge in [-0.2, -0.15) is 0 Å². The summed E-state index contributed by atoms with van der Waals surface area (Å²) in [6.45, 7) is 7.21. The van der Waals surface area contributed by atoms with Gasteiger partial charge in [0.15, 0.2) is 6.61 Å². The van der Waals surface area contributed by atoms with Gasteiger partial charge < -0.3 is 9.47 Å². The first kappa shape index (κ1) is 22.2. The standard InChI is InChI=1S/C26H40O3/c1-5-6-7-9-18(2)12-13-22-19(3)14-21-16-24-20(15-23(21)22)10-8-11-25(24)29-17-26(27)28-4/h8,10-11,18-19,21-23H,5-7,9,12-17H2,1-4H3/t18-,19+,21+,22?,23-/m0/s1. The van der Waals surface area contributed by atoms with Crippen molar-refractivity contribution in [3.8, 4) is 5.75 Å². The van der Waals surface area contributed by atoms with Gasteiger partial charge in [-0.05, 0) is 72.5 Å². The van der Waals surface area contributed by atoms with Crippen molar-refractivity contribution in [2.45, 2.75) is 78.6 Å². The smallest absolute Gasteiger partial charge is 0.343 e. The highest BCUT2D eigenvalue weighted by Gasteiger charge is 2.43. The third-order valence-electron chi connectivity index (χ3n) is 7.58. The van der Waals surface area contributed by atoms with E-state index in [0.29, 0.717) is 0 Å². The summed E-state index contributed by atoms with van der Waals surface area (Å²) >= 11 is 0. The van der Waals surface area contributed by atoms with Crippen LogP contribution >= 0.6 is 0 Å². The van der Waals surface area contributed by atoms with E-state index in [2.05, 4.69) is 32.9 Å². The largest absolute Gasteiger partial charge is 0.482 e. The number of fused-ring (bicyclic) bond motifs is 2. The molecule has 29 heavy (non-hydrogen) atoms. The Morgan fingerprint density at radius 1 is 1.21 bits per heavy atom. The van der Waals surface area contributed by atoms with Gasteiger partial charge in [-0.3, -0.25) is 0 Å². The maximum atomic E-state index is 11.5.